The molecule has 3 atom stereocenters. The number of amides is 1. The highest BCUT2D eigenvalue weighted by molar-refractivity contribution is 6.30. The molecule has 6 nitrogen and oxygen atoms in total. The number of aryl methyl sites for hydroxylation is 1. The summed E-state index contributed by atoms with van der Waals surface area (Å²) in [5.41, 5.74) is 1.35. The molecular weight excluding hydrogens is 449 g/mol. The van der Waals surface area contributed by atoms with Gasteiger partial charge in [-0.3, -0.25) is 14.3 Å². The molecule has 166 valence electrons. The molecule has 0 aliphatic carbocycles. The molecule has 0 radical (unpaired) electrons. The summed E-state index contributed by atoms with van der Waals surface area (Å²) < 4.78 is 1.62. The van der Waals surface area contributed by atoms with Crippen molar-refractivity contribution in [2.75, 3.05) is 4.90 Å². The smallest absolute Gasteiger partial charge is 0.304 e. The zero-order valence-corrected chi connectivity index (χ0v) is 19.2. The molecule has 1 aliphatic rings. The Morgan fingerprint density at radius 3 is 2.47 bits per heavy atom. The quantitative estimate of drug-likeness (QED) is 0.535. The van der Waals surface area contributed by atoms with Crippen molar-refractivity contribution in [3.8, 4) is 0 Å². The Kier molecular flexibility index (Phi) is 6.01. The average Bonchev–Trinajstić information content (AvgIpc) is 3.16. The van der Waals surface area contributed by atoms with Gasteiger partial charge in [0.15, 0.2) is 0 Å². The molecule has 0 saturated carbocycles. The first-order valence-corrected chi connectivity index (χ1v) is 11.0. The number of hydrogen-bond donors (Lipinski definition) is 1. The molecule has 0 bridgehead atoms. The first kappa shape index (κ1) is 22.4. The number of hydrogen-bond acceptors (Lipinski definition) is 3. The van der Waals surface area contributed by atoms with E-state index in [1.165, 1.54) is 0 Å². The van der Waals surface area contributed by atoms with Crippen molar-refractivity contribution in [3.05, 3.63) is 82.1 Å². The van der Waals surface area contributed by atoms with Crippen molar-refractivity contribution >= 4 is 40.8 Å². The molecule has 32 heavy (non-hydrogen) atoms. The summed E-state index contributed by atoms with van der Waals surface area (Å²) in [5, 5.41) is 15.0. The number of anilines is 1. The van der Waals surface area contributed by atoms with E-state index in [0.29, 0.717) is 22.2 Å². The Bertz CT molecular complexity index is 1160. The maximum absolute atomic E-state index is 13.9. The molecular formula is C24H23Cl2N3O3. The molecule has 1 fully saturated rings. The van der Waals surface area contributed by atoms with E-state index in [4.69, 9.17) is 23.2 Å². The molecule has 1 saturated heterocycles. The van der Waals surface area contributed by atoms with Crippen LogP contribution in [0.3, 0.4) is 0 Å². The molecule has 1 aliphatic heterocycles. The van der Waals surface area contributed by atoms with Gasteiger partial charge in [-0.15, -0.1) is 0 Å². The van der Waals surface area contributed by atoms with E-state index in [-0.39, 0.29) is 24.3 Å². The van der Waals surface area contributed by atoms with Gasteiger partial charge in [-0.05, 0) is 41.8 Å². The van der Waals surface area contributed by atoms with Crippen LogP contribution in [0, 0.1) is 5.41 Å². The van der Waals surface area contributed by atoms with E-state index in [0.717, 1.165) is 11.1 Å². The fourth-order valence-electron chi connectivity index (χ4n) is 4.65. The molecule has 4 rings (SSSR count). The number of aliphatic carboxylic acids is 1. The third kappa shape index (κ3) is 4.25. The van der Waals surface area contributed by atoms with Crippen molar-refractivity contribution in [1.82, 2.24) is 9.78 Å². The van der Waals surface area contributed by atoms with Crippen LogP contribution in [0.15, 0.2) is 60.9 Å². The van der Waals surface area contributed by atoms with Gasteiger partial charge in [-0.2, -0.15) is 5.10 Å². The largest absolute Gasteiger partial charge is 0.481 e. The first-order chi connectivity index (χ1) is 15.2. The van der Waals surface area contributed by atoms with Crippen molar-refractivity contribution in [2.45, 2.75) is 31.7 Å². The molecule has 2 aromatic carbocycles. The van der Waals surface area contributed by atoms with Gasteiger partial charge in [0.1, 0.15) is 0 Å². The predicted octanol–water partition coefficient (Wildman–Crippen LogP) is 5.47. The Balaban J connectivity index is 1.94. The molecule has 0 spiro atoms. The highest BCUT2D eigenvalue weighted by Gasteiger charge is 2.51. The van der Waals surface area contributed by atoms with Gasteiger partial charge in [0.05, 0.1) is 29.8 Å². The standard InChI is InChI=1S/C24H23Cl2N3O3/c1-24(12-21(30)31)11-20(16-4-3-5-18(26)10-16)22(15-6-8-17(25)9-7-15)29(23(24)32)19-13-27-28(2)14-19/h3-10,13-14,20,22H,11-12H2,1-2H3,(H,30,31)/t20?,22-,24-/m1/s1. The number of halogens is 2. The second-order valence-corrected chi connectivity index (χ2v) is 9.41. The Morgan fingerprint density at radius 1 is 1.16 bits per heavy atom. The van der Waals surface area contributed by atoms with E-state index in [2.05, 4.69) is 5.10 Å². The Hall–Kier alpha value is -2.83. The average molecular weight is 472 g/mol. The van der Waals surface area contributed by atoms with E-state index in [9.17, 15) is 14.7 Å². The number of carbonyl (C=O) groups excluding carboxylic acids is 1. The van der Waals surface area contributed by atoms with Crippen LogP contribution >= 0.6 is 23.2 Å². The summed E-state index contributed by atoms with van der Waals surface area (Å²) in [6.45, 7) is 1.72. The van der Waals surface area contributed by atoms with Gasteiger partial charge in [0.25, 0.3) is 0 Å². The van der Waals surface area contributed by atoms with Crippen LogP contribution in [0.1, 0.15) is 42.9 Å². The molecule has 1 amide bonds. The van der Waals surface area contributed by atoms with Crippen LogP contribution in [-0.4, -0.2) is 26.8 Å². The summed E-state index contributed by atoms with van der Waals surface area (Å²) in [6.07, 6.45) is 3.49. The Labute approximate surface area is 196 Å². The van der Waals surface area contributed by atoms with Crippen LogP contribution in [0.2, 0.25) is 10.0 Å². The van der Waals surface area contributed by atoms with E-state index in [1.54, 1.807) is 54.1 Å². The minimum atomic E-state index is -1.10. The van der Waals surface area contributed by atoms with Crippen molar-refractivity contribution in [3.63, 3.8) is 0 Å². The lowest BCUT2D eigenvalue weighted by molar-refractivity contribution is -0.145. The van der Waals surface area contributed by atoms with Gasteiger partial charge in [-0.1, -0.05) is 54.4 Å². The maximum Gasteiger partial charge on any atom is 0.304 e. The van der Waals surface area contributed by atoms with Crippen LogP contribution in [-0.2, 0) is 16.6 Å². The number of nitrogens with zero attached hydrogens (tertiary/aromatic N) is 3. The van der Waals surface area contributed by atoms with Crippen LogP contribution < -0.4 is 4.90 Å². The number of carboxylic acids is 1. The summed E-state index contributed by atoms with van der Waals surface area (Å²) in [7, 11) is 1.78. The zero-order chi connectivity index (χ0) is 23.0. The maximum atomic E-state index is 13.9. The molecule has 1 N–H and O–H groups in total. The number of benzene rings is 2. The predicted molar refractivity (Wildman–Crippen MR) is 124 cm³/mol. The van der Waals surface area contributed by atoms with Gasteiger partial charge < -0.3 is 10.0 Å². The highest BCUT2D eigenvalue weighted by atomic mass is 35.5. The second kappa shape index (κ2) is 8.60. The van der Waals surface area contributed by atoms with E-state index < -0.39 is 11.4 Å². The number of aromatic nitrogens is 2. The molecule has 3 aromatic rings. The lowest BCUT2D eigenvalue weighted by Gasteiger charge is -2.48. The fourth-order valence-corrected chi connectivity index (χ4v) is 4.98. The topological polar surface area (TPSA) is 75.4 Å². The Morgan fingerprint density at radius 2 is 1.88 bits per heavy atom. The van der Waals surface area contributed by atoms with E-state index in [1.807, 2.05) is 30.3 Å². The van der Waals surface area contributed by atoms with Crippen LogP contribution in [0.25, 0.3) is 0 Å². The minimum absolute atomic E-state index is 0.197. The van der Waals surface area contributed by atoms with Gasteiger partial charge in [0, 0.05) is 29.2 Å². The van der Waals surface area contributed by atoms with Crippen molar-refractivity contribution in [2.24, 2.45) is 12.5 Å². The van der Waals surface area contributed by atoms with Gasteiger partial charge in [0.2, 0.25) is 5.91 Å². The van der Waals surface area contributed by atoms with Gasteiger partial charge >= 0.3 is 5.97 Å². The lowest BCUT2D eigenvalue weighted by atomic mass is 9.67. The summed E-state index contributed by atoms with van der Waals surface area (Å²) in [6, 6.07) is 14.5. The van der Waals surface area contributed by atoms with Crippen LogP contribution in [0.5, 0.6) is 0 Å². The molecule has 8 heteroatoms. The summed E-state index contributed by atoms with van der Waals surface area (Å²) in [4.78, 5) is 27.3. The summed E-state index contributed by atoms with van der Waals surface area (Å²) >= 11 is 12.5. The van der Waals surface area contributed by atoms with E-state index >= 15 is 0 Å². The molecule has 2 heterocycles. The number of rotatable bonds is 5. The minimum Gasteiger partial charge on any atom is -0.481 e. The monoisotopic (exact) mass is 471 g/mol. The SMILES string of the molecule is Cn1cc(N2C(=O)[C@@](C)(CC(=O)O)CC(c3cccc(Cl)c3)[C@H]2c2ccc(Cl)cc2)cn1. The number of carbonyl (C=O) groups is 2. The van der Waals surface area contributed by atoms with Crippen LogP contribution in [0.4, 0.5) is 5.69 Å². The molecule has 1 aromatic heterocycles. The molecule has 1 unspecified atom stereocenters. The van der Waals surface area contributed by atoms with Gasteiger partial charge in [-0.25, -0.2) is 0 Å². The lowest BCUT2D eigenvalue weighted by Crippen LogP contribution is -2.52. The third-order valence-corrected chi connectivity index (χ3v) is 6.55. The third-order valence-electron chi connectivity index (χ3n) is 6.06. The van der Waals surface area contributed by atoms with Crippen molar-refractivity contribution < 1.29 is 14.7 Å². The number of carboxylic acid groups (broad SMARTS) is 1. The zero-order valence-electron chi connectivity index (χ0n) is 17.7. The second-order valence-electron chi connectivity index (χ2n) is 8.54. The normalized spacial score (nSPS) is 23.4. The number of piperidine rings is 1. The van der Waals surface area contributed by atoms with Crippen molar-refractivity contribution in [1.29, 1.82) is 0 Å². The fraction of sp³-hybridized carbons (Fsp3) is 0.292. The first-order valence-electron chi connectivity index (χ1n) is 10.2. The highest BCUT2D eigenvalue weighted by Crippen LogP contribution is 2.52. The summed E-state index contributed by atoms with van der Waals surface area (Å²) in [5.74, 6) is -1.45.